The molecule has 2 aromatic heterocycles. The third kappa shape index (κ3) is 3.87. The maximum atomic E-state index is 12.0. The average molecular weight is 301 g/mol. The van der Waals surface area contributed by atoms with Gasteiger partial charge in [-0.25, -0.2) is 0 Å². The predicted octanol–water partition coefficient (Wildman–Crippen LogP) is 0.329. The summed E-state index contributed by atoms with van der Waals surface area (Å²) in [6, 6.07) is 5.17. The number of amides is 1. The van der Waals surface area contributed by atoms with E-state index in [1.807, 2.05) is 28.2 Å². The Labute approximate surface area is 129 Å². The molecule has 0 aromatic carbocycles. The largest absolute Gasteiger partial charge is 0.347 e. The van der Waals surface area contributed by atoms with Crippen LogP contribution in [0.2, 0.25) is 0 Å². The van der Waals surface area contributed by atoms with Crippen molar-refractivity contribution in [3.8, 4) is 0 Å². The Morgan fingerprint density at radius 3 is 2.18 bits per heavy atom. The highest BCUT2D eigenvalue weighted by molar-refractivity contribution is 5.92. The van der Waals surface area contributed by atoms with E-state index in [4.69, 9.17) is 0 Å². The fourth-order valence-corrected chi connectivity index (χ4v) is 1.62. The lowest BCUT2D eigenvalue weighted by atomic mass is 10.3. The summed E-state index contributed by atoms with van der Waals surface area (Å²) in [7, 11) is 7.41. The second-order valence-electron chi connectivity index (χ2n) is 5.04. The van der Waals surface area contributed by atoms with Crippen LogP contribution in [0.4, 0.5) is 11.9 Å². The van der Waals surface area contributed by atoms with Crippen LogP contribution in [0.15, 0.2) is 24.4 Å². The van der Waals surface area contributed by atoms with Crippen molar-refractivity contribution in [2.45, 2.75) is 6.54 Å². The molecule has 0 fully saturated rings. The van der Waals surface area contributed by atoms with Crippen LogP contribution in [0.5, 0.6) is 0 Å². The molecule has 1 N–H and O–H groups in total. The molecule has 0 saturated carbocycles. The molecule has 0 aliphatic carbocycles. The number of hydrogen-bond acceptors (Lipinski definition) is 7. The molecule has 2 rings (SSSR count). The number of rotatable bonds is 5. The number of nitrogens with one attached hydrogen (secondary N) is 1. The molecule has 116 valence electrons. The fourth-order valence-electron chi connectivity index (χ4n) is 1.62. The summed E-state index contributed by atoms with van der Waals surface area (Å²) >= 11 is 0. The van der Waals surface area contributed by atoms with Crippen LogP contribution >= 0.6 is 0 Å². The van der Waals surface area contributed by atoms with Gasteiger partial charge < -0.3 is 15.1 Å². The van der Waals surface area contributed by atoms with Gasteiger partial charge in [0.05, 0.1) is 6.54 Å². The summed E-state index contributed by atoms with van der Waals surface area (Å²) in [5.41, 5.74) is 0.359. The molecule has 0 radical (unpaired) electrons. The SMILES string of the molecule is CN(C)c1nc(CNC(=O)c2ccccn2)nc(N(C)C)n1. The lowest BCUT2D eigenvalue weighted by Crippen LogP contribution is -2.26. The molecule has 2 aromatic rings. The zero-order chi connectivity index (χ0) is 16.1. The smallest absolute Gasteiger partial charge is 0.270 e. The first-order valence-corrected chi connectivity index (χ1v) is 6.76. The van der Waals surface area contributed by atoms with Gasteiger partial charge in [0.1, 0.15) is 5.69 Å². The van der Waals surface area contributed by atoms with Crippen LogP contribution in [-0.4, -0.2) is 54.0 Å². The second kappa shape index (κ2) is 6.79. The molecule has 0 unspecified atom stereocenters. The molecule has 22 heavy (non-hydrogen) atoms. The van der Waals surface area contributed by atoms with E-state index in [2.05, 4.69) is 25.3 Å². The second-order valence-corrected chi connectivity index (χ2v) is 5.04. The first-order valence-electron chi connectivity index (χ1n) is 6.76. The summed E-state index contributed by atoms with van der Waals surface area (Å²) in [6.07, 6.45) is 1.58. The number of anilines is 2. The van der Waals surface area contributed by atoms with Crippen LogP contribution in [0.25, 0.3) is 0 Å². The van der Waals surface area contributed by atoms with Gasteiger partial charge in [-0.2, -0.15) is 15.0 Å². The van der Waals surface area contributed by atoms with Crippen molar-refractivity contribution < 1.29 is 4.79 Å². The highest BCUT2D eigenvalue weighted by Gasteiger charge is 2.11. The van der Waals surface area contributed by atoms with Gasteiger partial charge >= 0.3 is 0 Å². The molecule has 0 aliphatic rings. The van der Waals surface area contributed by atoms with Crippen molar-refractivity contribution in [3.63, 3.8) is 0 Å². The molecule has 2 heterocycles. The van der Waals surface area contributed by atoms with Gasteiger partial charge in [0.15, 0.2) is 5.82 Å². The Hall–Kier alpha value is -2.77. The minimum Gasteiger partial charge on any atom is -0.347 e. The highest BCUT2D eigenvalue weighted by Crippen LogP contribution is 2.10. The molecule has 0 aliphatic heterocycles. The zero-order valence-corrected chi connectivity index (χ0v) is 13.1. The molecular weight excluding hydrogens is 282 g/mol. The van der Waals surface area contributed by atoms with E-state index < -0.39 is 0 Å². The molecular formula is C14H19N7O. The van der Waals surface area contributed by atoms with Crippen molar-refractivity contribution >= 4 is 17.8 Å². The van der Waals surface area contributed by atoms with Crippen LogP contribution < -0.4 is 15.1 Å². The van der Waals surface area contributed by atoms with Gasteiger partial charge in [0.25, 0.3) is 5.91 Å². The van der Waals surface area contributed by atoms with Crippen molar-refractivity contribution in [1.82, 2.24) is 25.3 Å². The van der Waals surface area contributed by atoms with Gasteiger partial charge in [-0.1, -0.05) is 6.07 Å². The van der Waals surface area contributed by atoms with Crippen molar-refractivity contribution in [2.75, 3.05) is 38.0 Å². The topological polar surface area (TPSA) is 87.1 Å². The summed E-state index contributed by atoms with van der Waals surface area (Å²) in [6.45, 7) is 0.208. The Bertz CT molecular complexity index is 617. The number of nitrogens with zero attached hydrogens (tertiary/aromatic N) is 6. The lowest BCUT2D eigenvalue weighted by Gasteiger charge is -2.16. The van der Waals surface area contributed by atoms with Crippen molar-refractivity contribution in [3.05, 3.63) is 35.9 Å². The monoisotopic (exact) mass is 301 g/mol. The first kappa shape index (κ1) is 15.6. The number of pyridine rings is 1. The number of aromatic nitrogens is 4. The third-order valence-corrected chi connectivity index (χ3v) is 2.76. The lowest BCUT2D eigenvalue weighted by molar-refractivity contribution is 0.0945. The van der Waals surface area contributed by atoms with Crippen LogP contribution in [-0.2, 0) is 6.54 Å². The Balaban J connectivity index is 2.13. The van der Waals surface area contributed by atoms with Crippen molar-refractivity contribution in [1.29, 1.82) is 0 Å². The number of hydrogen-bond donors (Lipinski definition) is 1. The number of carbonyl (C=O) groups excluding carboxylic acids is 1. The van der Waals surface area contributed by atoms with E-state index in [1.54, 1.807) is 34.2 Å². The molecule has 0 saturated heterocycles. The Morgan fingerprint density at radius 2 is 1.68 bits per heavy atom. The molecule has 8 heteroatoms. The standard InChI is InChI=1S/C14H19N7O/c1-20(2)13-17-11(18-14(19-13)21(3)4)9-16-12(22)10-7-5-6-8-15-10/h5-8H,9H2,1-4H3,(H,16,22). The van der Waals surface area contributed by atoms with Gasteiger partial charge in [0, 0.05) is 34.4 Å². The van der Waals surface area contributed by atoms with E-state index in [0.717, 1.165) is 0 Å². The minimum absolute atomic E-state index is 0.208. The molecule has 1 amide bonds. The molecule has 0 spiro atoms. The van der Waals surface area contributed by atoms with E-state index in [9.17, 15) is 4.79 Å². The number of carbonyl (C=O) groups is 1. The van der Waals surface area contributed by atoms with E-state index in [0.29, 0.717) is 23.4 Å². The van der Waals surface area contributed by atoms with E-state index >= 15 is 0 Å². The first-order chi connectivity index (χ1) is 10.5. The van der Waals surface area contributed by atoms with Crippen LogP contribution in [0.1, 0.15) is 16.3 Å². The maximum Gasteiger partial charge on any atom is 0.270 e. The third-order valence-electron chi connectivity index (χ3n) is 2.76. The van der Waals surface area contributed by atoms with Crippen LogP contribution in [0.3, 0.4) is 0 Å². The Morgan fingerprint density at radius 1 is 1.05 bits per heavy atom. The Kier molecular flexibility index (Phi) is 4.82. The maximum absolute atomic E-state index is 12.0. The van der Waals surface area contributed by atoms with Crippen LogP contribution in [0, 0.1) is 0 Å². The average Bonchev–Trinajstić information content (AvgIpc) is 2.53. The molecule has 8 nitrogen and oxygen atoms in total. The van der Waals surface area contributed by atoms with Gasteiger partial charge in [-0.3, -0.25) is 9.78 Å². The summed E-state index contributed by atoms with van der Waals surface area (Å²) < 4.78 is 0. The zero-order valence-electron chi connectivity index (χ0n) is 13.1. The normalized spacial score (nSPS) is 10.2. The van der Waals surface area contributed by atoms with Gasteiger partial charge in [-0.15, -0.1) is 0 Å². The molecule has 0 bridgehead atoms. The quantitative estimate of drug-likeness (QED) is 0.851. The highest BCUT2D eigenvalue weighted by atomic mass is 16.1. The van der Waals surface area contributed by atoms with Gasteiger partial charge in [-0.05, 0) is 12.1 Å². The van der Waals surface area contributed by atoms with Gasteiger partial charge in [0.2, 0.25) is 11.9 Å². The van der Waals surface area contributed by atoms with E-state index in [-0.39, 0.29) is 12.5 Å². The minimum atomic E-state index is -0.265. The fraction of sp³-hybridized carbons (Fsp3) is 0.357. The summed E-state index contributed by atoms with van der Waals surface area (Å²) in [5.74, 6) is 1.31. The predicted molar refractivity (Wildman–Crippen MR) is 83.9 cm³/mol. The van der Waals surface area contributed by atoms with E-state index in [1.165, 1.54) is 0 Å². The van der Waals surface area contributed by atoms with Crippen molar-refractivity contribution in [2.24, 2.45) is 0 Å². The molecule has 0 atom stereocenters. The summed E-state index contributed by atoms with van der Waals surface area (Å²) in [5, 5.41) is 2.76. The summed E-state index contributed by atoms with van der Waals surface area (Å²) in [4.78, 5) is 32.5.